The van der Waals surface area contributed by atoms with Gasteiger partial charge in [0, 0.05) is 18.1 Å². The molecule has 0 aromatic carbocycles. The maximum Gasteiger partial charge on any atom is 0.309 e. The van der Waals surface area contributed by atoms with E-state index >= 15 is 0 Å². The largest absolute Gasteiger partial charge is 0.481 e. The fraction of sp³-hybridized carbons (Fsp3) is 0.250. The highest BCUT2D eigenvalue weighted by molar-refractivity contribution is 7.14. The maximum atomic E-state index is 12.1. The number of nitrogens with zero attached hydrogens (tertiary/aromatic N) is 2. The zero-order valence-electron chi connectivity index (χ0n) is 10.6. The van der Waals surface area contributed by atoms with Gasteiger partial charge in [-0.3, -0.25) is 14.9 Å². The molecule has 0 unspecified atom stereocenters. The first-order chi connectivity index (χ1) is 9.49. The molecule has 6 nitrogen and oxygen atoms in total. The molecule has 1 amide bonds. The van der Waals surface area contributed by atoms with Gasteiger partial charge in [0.1, 0.15) is 5.69 Å². The van der Waals surface area contributed by atoms with Gasteiger partial charge in [-0.25, -0.2) is 4.98 Å². The van der Waals surface area contributed by atoms with Crippen LogP contribution in [0.15, 0.2) is 17.6 Å². The van der Waals surface area contributed by atoms with Gasteiger partial charge in [-0.15, -0.1) is 11.3 Å². The number of carbonyl (C=O) groups excluding carboxylic acids is 1. The van der Waals surface area contributed by atoms with Gasteiger partial charge in [0.25, 0.3) is 5.91 Å². The van der Waals surface area contributed by atoms with E-state index in [9.17, 15) is 9.59 Å². The van der Waals surface area contributed by atoms with Crippen molar-refractivity contribution in [1.29, 1.82) is 0 Å². The van der Waals surface area contributed by atoms with Crippen molar-refractivity contribution in [3.05, 3.63) is 34.1 Å². The third-order valence-electron chi connectivity index (χ3n) is 2.54. The second kappa shape index (κ2) is 6.06. The van der Waals surface area contributed by atoms with Gasteiger partial charge in [0.15, 0.2) is 5.13 Å². The number of carboxylic acid groups (broad SMARTS) is 1. The zero-order chi connectivity index (χ0) is 14.7. The van der Waals surface area contributed by atoms with Crippen molar-refractivity contribution < 1.29 is 14.7 Å². The van der Waals surface area contributed by atoms with Crippen LogP contribution in [0.4, 0.5) is 5.13 Å². The third-order valence-corrected chi connectivity index (χ3v) is 3.55. The van der Waals surface area contributed by atoms with Crippen LogP contribution >= 0.6 is 22.9 Å². The summed E-state index contributed by atoms with van der Waals surface area (Å²) < 4.78 is 1.73. The van der Waals surface area contributed by atoms with Crippen LogP contribution in [-0.4, -0.2) is 26.5 Å². The summed E-state index contributed by atoms with van der Waals surface area (Å²) in [6.07, 6.45) is 1.51. The fourth-order valence-electron chi connectivity index (χ4n) is 1.69. The first-order valence-electron chi connectivity index (χ1n) is 5.82. The monoisotopic (exact) mass is 313 g/mol. The maximum absolute atomic E-state index is 12.1. The van der Waals surface area contributed by atoms with Gasteiger partial charge in [-0.2, -0.15) is 0 Å². The van der Waals surface area contributed by atoms with Gasteiger partial charge in [0.05, 0.1) is 17.1 Å². The Kier molecular flexibility index (Phi) is 4.41. The molecular weight excluding hydrogens is 302 g/mol. The lowest BCUT2D eigenvalue weighted by molar-refractivity contribution is -0.136. The molecule has 0 aliphatic carbocycles. The molecule has 0 aliphatic rings. The molecule has 106 valence electrons. The number of aliphatic carboxylic acids is 1. The van der Waals surface area contributed by atoms with E-state index in [1.165, 1.54) is 11.3 Å². The Labute approximate surface area is 124 Å². The van der Waals surface area contributed by atoms with Gasteiger partial charge >= 0.3 is 5.97 Å². The van der Waals surface area contributed by atoms with E-state index in [1.54, 1.807) is 22.2 Å². The Morgan fingerprint density at radius 3 is 2.95 bits per heavy atom. The van der Waals surface area contributed by atoms with Crippen LogP contribution < -0.4 is 5.32 Å². The van der Waals surface area contributed by atoms with Crippen molar-refractivity contribution in [3.63, 3.8) is 0 Å². The number of nitrogens with one attached hydrogen (secondary N) is 1. The van der Waals surface area contributed by atoms with E-state index in [0.29, 0.717) is 28.1 Å². The number of amides is 1. The van der Waals surface area contributed by atoms with Crippen molar-refractivity contribution in [1.82, 2.24) is 9.55 Å². The van der Waals surface area contributed by atoms with Crippen molar-refractivity contribution >= 4 is 39.9 Å². The molecule has 8 heteroatoms. The second-order valence-corrected chi connectivity index (χ2v) is 5.29. The van der Waals surface area contributed by atoms with E-state index in [4.69, 9.17) is 16.7 Å². The minimum absolute atomic E-state index is 0.163. The predicted octanol–water partition coefficient (Wildman–Crippen LogP) is 2.50. The number of anilines is 1. The second-order valence-electron chi connectivity index (χ2n) is 4.00. The molecule has 0 atom stereocenters. The minimum Gasteiger partial charge on any atom is -0.481 e. The zero-order valence-corrected chi connectivity index (χ0v) is 12.2. The van der Waals surface area contributed by atoms with Crippen molar-refractivity contribution in [3.8, 4) is 0 Å². The highest BCUT2D eigenvalue weighted by Crippen LogP contribution is 2.19. The quantitative estimate of drug-likeness (QED) is 0.888. The fourth-order valence-corrected chi connectivity index (χ4v) is 2.61. The lowest BCUT2D eigenvalue weighted by atomic mass is 10.3. The molecule has 20 heavy (non-hydrogen) atoms. The van der Waals surface area contributed by atoms with Crippen molar-refractivity contribution in [2.24, 2.45) is 0 Å². The average Bonchev–Trinajstić information content (AvgIpc) is 2.95. The SMILES string of the molecule is CCn1cc(Cl)cc1C(=O)Nc1nc(CC(=O)O)cs1. The van der Waals surface area contributed by atoms with Crippen LogP contribution in [0.2, 0.25) is 5.02 Å². The number of halogens is 1. The molecule has 0 aliphatic heterocycles. The first-order valence-corrected chi connectivity index (χ1v) is 7.08. The number of aryl methyl sites for hydroxylation is 1. The topological polar surface area (TPSA) is 84.2 Å². The number of hydrogen-bond acceptors (Lipinski definition) is 4. The molecule has 0 radical (unpaired) electrons. The number of rotatable bonds is 5. The molecule has 0 bridgehead atoms. The molecule has 2 aromatic rings. The summed E-state index contributed by atoms with van der Waals surface area (Å²) in [5, 5.41) is 13.8. The van der Waals surface area contributed by atoms with Gasteiger partial charge in [0.2, 0.25) is 0 Å². The normalized spacial score (nSPS) is 10.5. The Hall–Kier alpha value is -1.86. The lowest BCUT2D eigenvalue weighted by Gasteiger charge is -2.05. The summed E-state index contributed by atoms with van der Waals surface area (Å²) in [6.45, 7) is 2.53. The van der Waals surface area contributed by atoms with Crippen LogP contribution in [0.5, 0.6) is 0 Å². The van der Waals surface area contributed by atoms with Crippen molar-refractivity contribution in [2.75, 3.05) is 5.32 Å². The van der Waals surface area contributed by atoms with E-state index in [1.807, 2.05) is 6.92 Å². The minimum atomic E-state index is -0.959. The summed E-state index contributed by atoms with van der Waals surface area (Å²) in [4.78, 5) is 26.7. The van der Waals surface area contributed by atoms with E-state index in [2.05, 4.69) is 10.3 Å². The van der Waals surface area contributed by atoms with Crippen LogP contribution in [0.3, 0.4) is 0 Å². The van der Waals surface area contributed by atoms with Gasteiger partial charge in [-0.05, 0) is 13.0 Å². The standard InChI is InChI=1S/C12H12ClN3O3S/c1-2-16-5-7(13)3-9(16)11(19)15-12-14-8(6-20-12)4-10(17)18/h3,5-6H,2,4H2,1H3,(H,17,18)(H,14,15,19). The lowest BCUT2D eigenvalue weighted by Crippen LogP contribution is -2.16. The van der Waals surface area contributed by atoms with Crippen LogP contribution in [0, 0.1) is 0 Å². The van der Waals surface area contributed by atoms with E-state index < -0.39 is 5.97 Å². The number of carboxylic acids is 1. The summed E-state index contributed by atoms with van der Waals surface area (Å²) in [7, 11) is 0. The van der Waals surface area contributed by atoms with E-state index in [0.717, 1.165) is 0 Å². The molecule has 0 spiro atoms. The molecular formula is C12H12ClN3O3S. The Morgan fingerprint density at radius 1 is 1.55 bits per heavy atom. The Morgan fingerprint density at radius 2 is 2.30 bits per heavy atom. The molecule has 2 aromatic heterocycles. The van der Waals surface area contributed by atoms with Gasteiger partial charge in [-0.1, -0.05) is 11.6 Å². The van der Waals surface area contributed by atoms with Crippen molar-refractivity contribution in [2.45, 2.75) is 19.9 Å². The highest BCUT2D eigenvalue weighted by Gasteiger charge is 2.14. The smallest absolute Gasteiger partial charge is 0.309 e. The first kappa shape index (κ1) is 14.5. The molecule has 0 saturated carbocycles. The molecule has 2 N–H and O–H groups in total. The summed E-state index contributed by atoms with van der Waals surface area (Å²) in [5.74, 6) is -1.28. The third kappa shape index (κ3) is 3.37. The number of carbonyl (C=O) groups is 2. The van der Waals surface area contributed by atoms with Crippen LogP contribution in [0.25, 0.3) is 0 Å². The average molecular weight is 314 g/mol. The predicted molar refractivity (Wildman–Crippen MR) is 76.5 cm³/mol. The number of thiazole rings is 1. The summed E-state index contributed by atoms with van der Waals surface area (Å²) in [5.41, 5.74) is 0.856. The summed E-state index contributed by atoms with van der Waals surface area (Å²) >= 11 is 7.06. The highest BCUT2D eigenvalue weighted by atomic mass is 35.5. The molecule has 0 saturated heterocycles. The Bertz CT molecular complexity index is 650. The van der Waals surface area contributed by atoms with Crippen LogP contribution in [0.1, 0.15) is 23.1 Å². The van der Waals surface area contributed by atoms with Crippen LogP contribution in [-0.2, 0) is 17.8 Å². The molecule has 2 heterocycles. The number of aromatic nitrogens is 2. The van der Waals surface area contributed by atoms with E-state index in [-0.39, 0.29) is 12.3 Å². The summed E-state index contributed by atoms with van der Waals surface area (Å²) in [6, 6.07) is 1.58. The Balaban J connectivity index is 2.11. The molecule has 2 rings (SSSR count). The van der Waals surface area contributed by atoms with Gasteiger partial charge < -0.3 is 9.67 Å². The number of hydrogen-bond donors (Lipinski definition) is 2. The molecule has 0 fully saturated rings.